The van der Waals surface area contributed by atoms with Crippen LogP contribution in [0.1, 0.15) is 128 Å². The van der Waals surface area contributed by atoms with Crippen LogP contribution in [0.2, 0.25) is 0 Å². The van der Waals surface area contributed by atoms with E-state index >= 15 is 0 Å². The van der Waals surface area contributed by atoms with Gasteiger partial charge in [0.2, 0.25) is 0 Å². The Hall–Kier alpha value is -1.53. The summed E-state index contributed by atoms with van der Waals surface area (Å²) >= 11 is 0. The molecule has 272 valence electrons. The topological polar surface area (TPSA) is 100 Å². The van der Waals surface area contributed by atoms with Crippen LogP contribution in [-0.2, 0) is 48.3 Å². The van der Waals surface area contributed by atoms with Gasteiger partial charge in [0.05, 0.1) is 44.1 Å². The molecular formula is C37H64O10. The largest absolute Gasteiger partial charge is 0.462 e. The summed E-state index contributed by atoms with van der Waals surface area (Å²) in [7, 11) is 0. The summed E-state index contributed by atoms with van der Waals surface area (Å²) < 4.78 is 18.1. The van der Waals surface area contributed by atoms with Crippen LogP contribution >= 0.6 is 0 Å². The first-order valence-corrected chi connectivity index (χ1v) is 18.6. The van der Waals surface area contributed by atoms with Crippen LogP contribution in [0.3, 0.4) is 0 Å². The minimum Gasteiger partial charge on any atom is -0.462 e. The van der Waals surface area contributed by atoms with Crippen LogP contribution in [0.4, 0.5) is 0 Å². The van der Waals surface area contributed by atoms with E-state index in [2.05, 4.69) is 18.0 Å². The minimum absolute atomic E-state index is 0.00339. The van der Waals surface area contributed by atoms with E-state index < -0.39 is 0 Å². The zero-order valence-electron chi connectivity index (χ0n) is 29.0. The lowest BCUT2D eigenvalue weighted by molar-refractivity contribution is -0.336. The van der Waals surface area contributed by atoms with E-state index in [4.69, 9.17) is 38.6 Å². The third kappa shape index (κ3) is 18.7. The maximum atomic E-state index is 12.8. The maximum Gasteiger partial charge on any atom is 0.309 e. The molecule has 10 heteroatoms. The number of hydrogen-bond acceptors (Lipinski definition) is 10. The smallest absolute Gasteiger partial charge is 0.309 e. The molecule has 0 aromatic rings. The molecule has 3 rings (SSSR count). The number of ether oxygens (including phenoxy) is 3. The standard InChI is InChI=1S/C37H64O10/c1-3-25-42-44-29-12-8-6-9-26-39-33-17-13-31(14-18-33)30-45-47-36-23-21-35(22-24-36)46-37(38)32-15-19-34(20-16-32)40-27-10-5-7-11-28-43-41-4-2/h3-4,31-36H,1-2,5-30H2. The zero-order valence-corrected chi connectivity index (χ0v) is 29.0. The lowest BCUT2D eigenvalue weighted by Crippen LogP contribution is -2.33. The highest BCUT2D eigenvalue weighted by Crippen LogP contribution is 2.31. The Bertz CT molecular complexity index is 786. The van der Waals surface area contributed by atoms with Crippen molar-refractivity contribution in [2.75, 3.05) is 39.6 Å². The first-order valence-electron chi connectivity index (χ1n) is 18.6. The number of rotatable bonds is 27. The van der Waals surface area contributed by atoms with Gasteiger partial charge in [0, 0.05) is 13.2 Å². The van der Waals surface area contributed by atoms with Gasteiger partial charge in [-0.3, -0.25) is 4.79 Å². The molecule has 3 aliphatic carbocycles. The molecule has 3 aliphatic rings. The molecule has 0 spiro atoms. The van der Waals surface area contributed by atoms with Crippen LogP contribution < -0.4 is 0 Å². The summed E-state index contributed by atoms with van der Waals surface area (Å²) in [5.41, 5.74) is 0. The molecule has 0 bridgehead atoms. The van der Waals surface area contributed by atoms with E-state index in [0.717, 1.165) is 142 Å². The van der Waals surface area contributed by atoms with E-state index in [1.165, 1.54) is 6.26 Å². The predicted molar refractivity (Wildman–Crippen MR) is 179 cm³/mol. The summed E-state index contributed by atoms with van der Waals surface area (Å²) in [6, 6.07) is 0. The Morgan fingerprint density at radius 2 is 1.09 bits per heavy atom. The lowest BCUT2D eigenvalue weighted by Gasteiger charge is -2.31. The fourth-order valence-electron chi connectivity index (χ4n) is 6.65. The van der Waals surface area contributed by atoms with Gasteiger partial charge in [-0.2, -0.15) is 4.89 Å². The van der Waals surface area contributed by atoms with E-state index in [1.54, 1.807) is 6.08 Å². The Morgan fingerprint density at radius 3 is 1.68 bits per heavy atom. The van der Waals surface area contributed by atoms with E-state index in [1.807, 2.05) is 0 Å². The van der Waals surface area contributed by atoms with Crippen molar-refractivity contribution in [1.82, 2.24) is 0 Å². The molecule has 0 aromatic carbocycles. The molecule has 0 aromatic heterocycles. The molecule has 0 radical (unpaired) electrons. The van der Waals surface area contributed by atoms with Gasteiger partial charge in [0.15, 0.2) is 0 Å². The van der Waals surface area contributed by atoms with Crippen molar-refractivity contribution in [3.05, 3.63) is 25.5 Å². The molecule has 0 N–H and O–H groups in total. The van der Waals surface area contributed by atoms with Gasteiger partial charge < -0.3 is 19.1 Å². The third-order valence-corrected chi connectivity index (χ3v) is 9.57. The van der Waals surface area contributed by atoms with Crippen LogP contribution in [0.5, 0.6) is 0 Å². The molecule has 0 heterocycles. The monoisotopic (exact) mass is 668 g/mol. The van der Waals surface area contributed by atoms with E-state index in [9.17, 15) is 4.79 Å². The first-order chi connectivity index (χ1) is 23.2. The van der Waals surface area contributed by atoms with Crippen LogP contribution in [-0.4, -0.2) is 70.0 Å². The molecule has 0 amide bonds. The summed E-state index contributed by atoms with van der Waals surface area (Å²) in [5.74, 6) is 0.511. The average Bonchev–Trinajstić information content (AvgIpc) is 3.10. The second-order valence-corrected chi connectivity index (χ2v) is 13.4. The quantitative estimate of drug-likeness (QED) is 0.0212. The van der Waals surface area contributed by atoms with Gasteiger partial charge >= 0.3 is 5.97 Å². The third-order valence-electron chi connectivity index (χ3n) is 9.57. The Labute approximate surface area is 283 Å². The van der Waals surface area contributed by atoms with Gasteiger partial charge in [0.25, 0.3) is 0 Å². The summed E-state index contributed by atoms with van der Waals surface area (Å²) in [6.07, 6.45) is 23.7. The molecule has 3 fully saturated rings. The number of carbonyl (C=O) groups is 1. The maximum absolute atomic E-state index is 12.8. The lowest BCUT2D eigenvalue weighted by atomic mass is 9.87. The molecule has 0 atom stereocenters. The summed E-state index contributed by atoms with van der Waals surface area (Å²) in [4.78, 5) is 43.9. The SMILES string of the molecule is C=CCOOCCCCCCOC1CCC(COOC2CCC(OC(=O)C3CCC(OCCCCCCOOC=C)CC3)CC2)CC1. The Morgan fingerprint density at radius 1 is 0.553 bits per heavy atom. The molecule has 47 heavy (non-hydrogen) atoms. The number of hydrogen-bond donors (Lipinski definition) is 0. The van der Waals surface area contributed by atoms with Crippen molar-refractivity contribution in [2.45, 2.75) is 153 Å². The predicted octanol–water partition coefficient (Wildman–Crippen LogP) is 8.29. The minimum atomic E-state index is -0.0255. The van der Waals surface area contributed by atoms with Gasteiger partial charge in [-0.15, -0.1) is 6.58 Å². The number of carbonyl (C=O) groups excluding carboxylic acids is 1. The van der Waals surface area contributed by atoms with Gasteiger partial charge in [-0.25, -0.2) is 19.6 Å². The van der Waals surface area contributed by atoms with Crippen molar-refractivity contribution in [2.24, 2.45) is 11.8 Å². The molecule has 10 nitrogen and oxygen atoms in total. The summed E-state index contributed by atoms with van der Waals surface area (Å²) in [6.45, 7) is 10.9. The summed E-state index contributed by atoms with van der Waals surface area (Å²) in [5, 5.41) is 0. The highest BCUT2D eigenvalue weighted by atomic mass is 17.2. The van der Waals surface area contributed by atoms with Gasteiger partial charge in [0.1, 0.15) is 19.0 Å². The Balaban J connectivity index is 1.10. The van der Waals surface area contributed by atoms with Crippen molar-refractivity contribution >= 4 is 5.97 Å². The van der Waals surface area contributed by atoms with Crippen molar-refractivity contribution in [3.8, 4) is 0 Å². The fourth-order valence-corrected chi connectivity index (χ4v) is 6.65. The van der Waals surface area contributed by atoms with E-state index in [0.29, 0.717) is 38.4 Å². The van der Waals surface area contributed by atoms with Crippen LogP contribution in [0, 0.1) is 11.8 Å². The first kappa shape index (κ1) is 39.9. The molecule has 0 unspecified atom stereocenters. The highest BCUT2D eigenvalue weighted by Gasteiger charge is 2.31. The van der Waals surface area contributed by atoms with E-state index in [-0.39, 0.29) is 30.2 Å². The van der Waals surface area contributed by atoms with Crippen LogP contribution in [0.15, 0.2) is 25.5 Å². The highest BCUT2D eigenvalue weighted by molar-refractivity contribution is 5.72. The normalized spacial score (nSPS) is 26.5. The van der Waals surface area contributed by atoms with Crippen LogP contribution in [0.25, 0.3) is 0 Å². The van der Waals surface area contributed by atoms with Gasteiger partial charge in [-0.05, 0) is 109 Å². The molecule has 3 saturated carbocycles. The second-order valence-electron chi connectivity index (χ2n) is 13.4. The second kappa shape index (κ2) is 26.4. The number of unbranched alkanes of at least 4 members (excludes halogenated alkanes) is 6. The Kier molecular flexibility index (Phi) is 22.4. The molecule has 0 aliphatic heterocycles. The zero-order chi connectivity index (χ0) is 33.2. The van der Waals surface area contributed by atoms with Crippen molar-refractivity contribution in [1.29, 1.82) is 0 Å². The van der Waals surface area contributed by atoms with Crippen molar-refractivity contribution < 1.29 is 48.3 Å². The number of esters is 1. The van der Waals surface area contributed by atoms with Gasteiger partial charge in [-0.1, -0.05) is 38.3 Å². The van der Waals surface area contributed by atoms with Crippen molar-refractivity contribution in [3.63, 3.8) is 0 Å². The molecule has 0 saturated heterocycles. The average molecular weight is 669 g/mol. The fraction of sp³-hybridized carbons (Fsp3) is 0.865. The molecular weight excluding hydrogens is 604 g/mol.